The number of rotatable bonds is 8. The molecule has 3 aromatic rings. The fourth-order valence-corrected chi connectivity index (χ4v) is 6.94. The van der Waals surface area contributed by atoms with Gasteiger partial charge in [0.1, 0.15) is 4.90 Å². The average Bonchev–Trinajstić information content (AvgIpc) is 3.35. The van der Waals surface area contributed by atoms with Crippen molar-refractivity contribution in [2.45, 2.75) is 49.6 Å². The minimum Gasteiger partial charge on any atom is -0.350 e. The van der Waals surface area contributed by atoms with Crippen LogP contribution < -0.4 is 20.9 Å². The molecule has 0 bridgehead atoms. The molecule has 2 aromatic carbocycles. The van der Waals surface area contributed by atoms with Crippen molar-refractivity contribution in [3.05, 3.63) is 88.1 Å². The van der Waals surface area contributed by atoms with Crippen LogP contribution in [-0.2, 0) is 22.9 Å². The number of nitrogens with zero attached hydrogens (tertiary/aromatic N) is 2. The van der Waals surface area contributed by atoms with Gasteiger partial charge in [-0.25, -0.2) is 18.1 Å². The minimum atomic E-state index is -3.74. The maximum Gasteiger partial charge on any atom is 0.242 e. The lowest BCUT2D eigenvalue weighted by Gasteiger charge is -2.24. The molecule has 2 aliphatic rings. The molecule has 1 aliphatic heterocycles. The lowest BCUT2D eigenvalue weighted by Crippen LogP contribution is -2.41. The van der Waals surface area contributed by atoms with Crippen LogP contribution >= 0.6 is 23.8 Å². The molecule has 1 atom stereocenters. The Labute approximate surface area is 240 Å². The van der Waals surface area contributed by atoms with Gasteiger partial charge in [-0.3, -0.25) is 15.8 Å². The van der Waals surface area contributed by atoms with Crippen LogP contribution in [0.5, 0.6) is 0 Å². The zero-order valence-corrected chi connectivity index (χ0v) is 24.2. The van der Waals surface area contributed by atoms with Crippen molar-refractivity contribution in [3.63, 3.8) is 0 Å². The predicted octanol–water partition coefficient (Wildman–Crippen LogP) is 4.18. The minimum absolute atomic E-state index is 0.0199. The van der Waals surface area contributed by atoms with Gasteiger partial charge in [-0.2, -0.15) is 0 Å². The number of aromatic nitrogens is 1. The Hall–Kier alpha value is -2.76. The number of anilines is 1. The molecule has 1 unspecified atom stereocenters. The number of aryl methyl sites for hydroxylation is 2. The second kappa shape index (κ2) is 12.2. The van der Waals surface area contributed by atoms with Crippen LogP contribution in [0.15, 0.2) is 65.7 Å². The molecule has 1 aliphatic carbocycles. The van der Waals surface area contributed by atoms with Gasteiger partial charge in [0, 0.05) is 18.8 Å². The third-order valence-electron chi connectivity index (χ3n) is 7.51. The van der Waals surface area contributed by atoms with E-state index in [1.165, 1.54) is 34.5 Å². The van der Waals surface area contributed by atoms with E-state index in [9.17, 15) is 8.42 Å². The number of sulfonamides is 1. The van der Waals surface area contributed by atoms with Crippen LogP contribution in [0.4, 0.5) is 5.82 Å². The monoisotopic (exact) mass is 584 g/mol. The zero-order valence-electron chi connectivity index (χ0n) is 21.8. The smallest absolute Gasteiger partial charge is 0.242 e. The highest BCUT2D eigenvalue weighted by Gasteiger charge is 2.26. The summed E-state index contributed by atoms with van der Waals surface area (Å²) in [6.45, 7) is 4.36. The van der Waals surface area contributed by atoms with E-state index < -0.39 is 10.0 Å². The summed E-state index contributed by atoms with van der Waals surface area (Å²) in [6, 6.07) is 18.3. The summed E-state index contributed by atoms with van der Waals surface area (Å²) in [5, 5.41) is 3.95. The molecule has 206 valence electrons. The predicted molar refractivity (Wildman–Crippen MR) is 159 cm³/mol. The van der Waals surface area contributed by atoms with Gasteiger partial charge in [-0.1, -0.05) is 67.1 Å². The summed E-state index contributed by atoms with van der Waals surface area (Å²) in [5.74, 6) is 0.273. The second-order valence-corrected chi connectivity index (χ2v) is 12.4. The third kappa shape index (κ3) is 6.36. The number of likely N-dealkylation sites (tertiary alicyclic amines) is 1. The molecule has 0 spiro atoms. The lowest BCUT2D eigenvalue weighted by atomic mass is 9.95. The molecule has 5 rings (SSSR count). The molecular formula is C28H33ClN6O2S2. The van der Waals surface area contributed by atoms with Crippen LogP contribution in [0.2, 0.25) is 5.02 Å². The number of hydrazine groups is 1. The highest BCUT2D eigenvalue weighted by molar-refractivity contribution is 7.89. The van der Waals surface area contributed by atoms with E-state index in [1.54, 1.807) is 0 Å². The summed E-state index contributed by atoms with van der Waals surface area (Å²) in [6.07, 6.45) is 5.28. The molecule has 8 nitrogen and oxygen atoms in total. The number of benzene rings is 2. The number of hydrogen-bond acceptors (Lipinski definition) is 6. The molecule has 1 saturated heterocycles. The largest absolute Gasteiger partial charge is 0.350 e. The van der Waals surface area contributed by atoms with Gasteiger partial charge < -0.3 is 5.32 Å². The highest BCUT2D eigenvalue weighted by atomic mass is 35.5. The Morgan fingerprint density at radius 1 is 1.10 bits per heavy atom. The molecule has 4 N–H and O–H groups in total. The highest BCUT2D eigenvalue weighted by Crippen LogP contribution is 2.32. The number of fused-ring (bicyclic) bond motifs is 2. The van der Waals surface area contributed by atoms with E-state index in [1.807, 2.05) is 12.1 Å². The van der Waals surface area contributed by atoms with E-state index in [4.69, 9.17) is 23.8 Å². The first kappa shape index (κ1) is 27.8. The molecule has 1 aromatic heterocycles. The van der Waals surface area contributed by atoms with E-state index >= 15 is 0 Å². The van der Waals surface area contributed by atoms with Crippen LogP contribution in [0.3, 0.4) is 0 Å². The Morgan fingerprint density at radius 3 is 2.41 bits per heavy atom. The van der Waals surface area contributed by atoms with Crippen molar-refractivity contribution in [1.29, 1.82) is 0 Å². The van der Waals surface area contributed by atoms with Crippen molar-refractivity contribution < 1.29 is 8.42 Å². The molecule has 39 heavy (non-hydrogen) atoms. The number of hydrogen-bond donors (Lipinski definition) is 4. The number of likely N-dealkylation sites (N-methyl/N-ethyl adjacent to an activating group) is 1. The normalized spacial score (nSPS) is 17.6. The van der Waals surface area contributed by atoms with Crippen molar-refractivity contribution in [2.75, 3.05) is 25.1 Å². The van der Waals surface area contributed by atoms with Crippen LogP contribution in [0.1, 0.15) is 48.1 Å². The van der Waals surface area contributed by atoms with Crippen molar-refractivity contribution >= 4 is 44.8 Å². The van der Waals surface area contributed by atoms with Gasteiger partial charge in [0.2, 0.25) is 10.0 Å². The van der Waals surface area contributed by atoms with Crippen LogP contribution in [0, 0.1) is 0 Å². The molecule has 0 amide bonds. The van der Waals surface area contributed by atoms with E-state index in [0.717, 1.165) is 38.8 Å². The third-order valence-corrected chi connectivity index (χ3v) is 9.40. The lowest BCUT2D eigenvalue weighted by molar-refractivity contribution is 0.268. The zero-order chi connectivity index (χ0) is 27.4. The maximum absolute atomic E-state index is 12.9. The van der Waals surface area contributed by atoms with Gasteiger partial charge >= 0.3 is 0 Å². The summed E-state index contributed by atoms with van der Waals surface area (Å²) < 4.78 is 28.4. The Balaban J connectivity index is 1.23. The number of halogens is 1. The number of thiocarbonyl (C=S) groups is 1. The molecule has 2 heterocycles. The number of nitrogens with one attached hydrogen (secondary N) is 4. The van der Waals surface area contributed by atoms with Crippen molar-refractivity contribution in [2.24, 2.45) is 0 Å². The summed E-state index contributed by atoms with van der Waals surface area (Å²) in [7, 11) is -3.74. The molecule has 0 radical (unpaired) electrons. The van der Waals surface area contributed by atoms with Gasteiger partial charge in [-0.05, 0) is 79.3 Å². The second-order valence-electron chi connectivity index (χ2n) is 9.83. The van der Waals surface area contributed by atoms with Gasteiger partial charge in [0.05, 0.1) is 11.1 Å². The Bertz CT molecular complexity index is 1400. The van der Waals surface area contributed by atoms with Gasteiger partial charge in [0.25, 0.3) is 0 Å². The molecule has 0 saturated carbocycles. The topological polar surface area (TPSA) is 98.4 Å². The molecular weight excluding hydrogens is 552 g/mol. The fourth-order valence-electron chi connectivity index (χ4n) is 5.45. The quantitative estimate of drug-likeness (QED) is 0.231. The van der Waals surface area contributed by atoms with E-state index in [0.29, 0.717) is 11.7 Å². The Kier molecular flexibility index (Phi) is 8.68. The molecule has 1 fully saturated rings. The summed E-state index contributed by atoms with van der Waals surface area (Å²) >= 11 is 12.0. The first-order chi connectivity index (χ1) is 18.9. The fraction of sp³-hybridized carbons (Fsp3) is 0.357. The summed E-state index contributed by atoms with van der Waals surface area (Å²) in [5.41, 5.74) is 10.8. The standard InChI is InChI=1S/C28H33ClN6O2S2/c1-2-35-15-7-10-21(35)17-31-39(36,37)22-16-25(29)27(30-18-22)33-34-28(38)32-26-23-11-5-3-8-19(23)13-14-20-9-4-6-12-24(20)26/h3-6,8-9,11-12,16,18,21,26,31H,2,7,10,13-15,17H2,1H3,(H,30,33)(H2,32,34,38). The van der Waals surface area contributed by atoms with Gasteiger partial charge in [0.15, 0.2) is 10.9 Å². The number of pyridine rings is 1. The van der Waals surface area contributed by atoms with Crippen LogP contribution in [0.25, 0.3) is 0 Å². The van der Waals surface area contributed by atoms with Gasteiger partial charge in [-0.15, -0.1) is 0 Å². The van der Waals surface area contributed by atoms with Crippen LogP contribution in [-0.4, -0.2) is 49.1 Å². The van der Waals surface area contributed by atoms with Crippen molar-refractivity contribution in [1.82, 2.24) is 25.3 Å². The van der Waals surface area contributed by atoms with Crippen molar-refractivity contribution in [3.8, 4) is 0 Å². The first-order valence-electron chi connectivity index (χ1n) is 13.2. The SMILES string of the molecule is CCN1CCCC1CNS(=O)(=O)c1cnc(NNC(=S)NC2c3ccccc3CCc3ccccc32)c(Cl)c1. The Morgan fingerprint density at radius 2 is 1.77 bits per heavy atom. The van der Waals surface area contributed by atoms with E-state index in [-0.39, 0.29) is 27.8 Å². The molecule has 11 heteroatoms. The van der Waals surface area contributed by atoms with E-state index in [2.05, 4.69) is 74.1 Å². The first-order valence-corrected chi connectivity index (χ1v) is 15.5. The maximum atomic E-state index is 12.9. The summed E-state index contributed by atoms with van der Waals surface area (Å²) in [4.78, 5) is 6.55. The average molecular weight is 585 g/mol.